The molecule has 88 valence electrons. The Kier molecular flexibility index (Phi) is 4.04. The summed E-state index contributed by atoms with van der Waals surface area (Å²) in [7, 11) is 0. The minimum Gasteiger partial charge on any atom is -0.290 e. The number of rotatable bonds is 3. The molecular weight excluding hydrogens is 274 g/mol. The smallest absolute Gasteiger partial charge is 0.0463 e. The van der Waals surface area contributed by atoms with Crippen LogP contribution in [0.3, 0.4) is 0 Å². The summed E-state index contributed by atoms with van der Waals surface area (Å²) >= 11 is 3.44. The van der Waals surface area contributed by atoms with Crippen molar-refractivity contribution in [2.24, 2.45) is 0 Å². The zero-order valence-electron chi connectivity index (χ0n) is 9.82. The van der Waals surface area contributed by atoms with E-state index in [1.807, 2.05) is 0 Å². The minimum atomic E-state index is 0.333. The third kappa shape index (κ3) is 2.80. The fraction of sp³-hybridized carbons (Fsp3) is 0.333. The summed E-state index contributed by atoms with van der Waals surface area (Å²) in [5.41, 5.74) is 2.81. The van der Waals surface area contributed by atoms with Crippen LogP contribution < -0.4 is 0 Å². The lowest BCUT2D eigenvalue weighted by atomic mass is 9.91. The topological polar surface area (TPSA) is 3.24 Å². The van der Waals surface area contributed by atoms with E-state index in [1.165, 1.54) is 11.1 Å². The third-order valence-electron chi connectivity index (χ3n) is 3.21. The van der Waals surface area contributed by atoms with Crippen LogP contribution in [0.15, 0.2) is 35.3 Å². The van der Waals surface area contributed by atoms with Crippen LogP contribution >= 0.6 is 15.9 Å². The highest BCUT2D eigenvalue weighted by Crippen LogP contribution is 2.32. The molecule has 0 radical (unpaired) electrons. The van der Waals surface area contributed by atoms with Gasteiger partial charge in [-0.15, -0.1) is 12.3 Å². The van der Waals surface area contributed by atoms with Crippen molar-refractivity contribution in [1.82, 2.24) is 4.90 Å². The molecule has 2 heteroatoms. The number of halogens is 1. The predicted octanol–water partition coefficient (Wildman–Crippen LogP) is 3.52. The van der Waals surface area contributed by atoms with Crippen molar-refractivity contribution in [3.63, 3.8) is 0 Å². The van der Waals surface area contributed by atoms with Crippen molar-refractivity contribution in [3.8, 4) is 12.3 Å². The molecule has 1 aromatic carbocycles. The lowest BCUT2D eigenvalue weighted by molar-refractivity contribution is 0.208. The molecule has 0 saturated carbocycles. The highest BCUT2D eigenvalue weighted by Gasteiger charge is 2.26. The molecule has 1 atom stereocenters. The normalized spacial score (nSPS) is 19.4. The summed E-state index contributed by atoms with van der Waals surface area (Å²) in [6.45, 7) is 5.83. The molecule has 1 aliphatic rings. The molecule has 1 unspecified atom stereocenters. The van der Waals surface area contributed by atoms with Crippen LogP contribution in [0.25, 0.3) is 0 Å². The largest absolute Gasteiger partial charge is 0.290 e. The van der Waals surface area contributed by atoms with E-state index >= 15 is 0 Å². The fourth-order valence-corrected chi connectivity index (χ4v) is 2.79. The zero-order valence-corrected chi connectivity index (χ0v) is 11.4. The van der Waals surface area contributed by atoms with E-state index in [2.05, 4.69) is 57.6 Å². The van der Waals surface area contributed by atoms with Crippen molar-refractivity contribution in [2.45, 2.75) is 18.9 Å². The highest BCUT2D eigenvalue weighted by atomic mass is 79.9. The second-order valence-electron chi connectivity index (χ2n) is 4.36. The van der Waals surface area contributed by atoms with Crippen molar-refractivity contribution in [1.29, 1.82) is 0 Å². The average Bonchev–Trinajstić information content (AvgIpc) is 2.32. The van der Waals surface area contributed by atoms with Crippen molar-refractivity contribution >= 4 is 15.9 Å². The van der Waals surface area contributed by atoms with Gasteiger partial charge >= 0.3 is 0 Å². The van der Waals surface area contributed by atoms with Gasteiger partial charge in [-0.3, -0.25) is 4.90 Å². The van der Waals surface area contributed by atoms with Gasteiger partial charge in [-0.2, -0.15) is 0 Å². The second kappa shape index (κ2) is 5.53. The number of benzene rings is 1. The number of hydrogen-bond acceptors (Lipinski definition) is 1. The summed E-state index contributed by atoms with van der Waals surface area (Å²) in [5, 5.41) is 0. The third-order valence-corrected chi connectivity index (χ3v) is 3.46. The summed E-state index contributed by atoms with van der Waals surface area (Å²) in [5.74, 6) is 2.79. The van der Waals surface area contributed by atoms with Crippen LogP contribution in [0.5, 0.6) is 0 Å². The Morgan fingerprint density at radius 3 is 3.00 bits per heavy atom. The van der Waals surface area contributed by atoms with Crippen LogP contribution in [-0.2, 0) is 6.42 Å². The fourth-order valence-electron chi connectivity index (χ4n) is 2.46. The Labute approximate surface area is 112 Å². The number of terminal acetylenes is 1. The average molecular weight is 290 g/mol. The molecule has 0 aromatic heterocycles. The summed E-state index contributed by atoms with van der Waals surface area (Å²) < 4.78 is 1.01. The first-order valence-corrected chi connectivity index (χ1v) is 6.60. The van der Waals surface area contributed by atoms with E-state index in [1.54, 1.807) is 0 Å². The van der Waals surface area contributed by atoms with Gasteiger partial charge in [-0.25, -0.2) is 0 Å². The van der Waals surface area contributed by atoms with Gasteiger partial charge in [-0.1, -0.05) is 46.8 Å². The maximum atomic E-state index is 5.50. The lowest BCUT2D eigenvalue weighted by Crippen LogP contribution is -2.36. The van der Waals surface area contributed by atoms with Crippen LogP contribution in [0.1, 0.15) is 23.6 Å². The first-order valence-electron chi connectivity index (χ1n) is 5.81. The molecule has 0 bridgehead atoms. The van der Waals surface area contributed by atoms with Crippen LogP contribution in [0, 0.1) is 12.3 Å². The molecule has 1 nitrogen and oxygen atoms in total. The predicted molar refractivity (Wildman–Crippen MR) is 76.0 cm³/mol. The Morgan fingerprint density at radius 2 is 2.29 bits per heavy atom. The monoisotopic (exact) mass is 289 g/mol. The van der Waals surface area contributed by atoms with Gasteiger partial charge in [0.25, 0.3) is 0 Å². The summed E-state index contributed by atoms with van der Waals surface area (Å²) in [4.78, 5) is 2.40. The van der Waals surface area contributed by atoms with Crippen molar-refractivity contribution < 1.29 is 0 Å². The quantitative estimate of drug-likeness (QED) is 0.770. The molecule has 1 heterocycles. The molecule has 0 spiro atoms. The number of hydrogen-bond donors (Lipinski definition) is 0. The Morgan fingerprint density at radius 1 is 1.53 bits per heavy atom. The maximum absolute atomic E-state index is 5.50. The van der Waals surface area contributed by atoms with Gasteiger partial charge in [0.1, 0.15) is 0 Å². The first-order chi connectivity index (χ1) is 8.22. The number of fused-ring (bicyclic) bond motifs is 1. The molecule has 1 aliphatic heterocycles. The molecule has 0 aliphatic carbocycles. The Balaban J connectivity index is 2.29. The molecule has 1 aromatic rings. The lowest BCUT2D eigenvalue weighted by Gasteiger charge is -2.36. The first kappa shape index (κ1) is 12.4. The van der Waals surface area contributed by atoms with E-state index < -0.39 is 0 Å². The molecule has 2 rings (SSSR count). The molecule has 0 amide bonds. The van der Waals surface area contributed by atoms with Gasteiger partial charge in [0.2, 0.25) is 0 Å². The number of nitrogens with zero attached hydrogens (tertiary/aromatic N) is 1. The van der Waals surface area contributed by atoms with Crippen LogP contribution in [-0.4, -0.2) is 18.0 Å². The summed E-state index contributed by atoms with van der Waals surface area (Å²) in [6.07, 6.45) is 7.35. The Hall–Kier alpha value is -1.04. The molecule has 0 N–H and O–H groups in total. The van der Waals surface area contributed by atoms with Gasteiger partial charge in [-0.05, 0) is 17.5 Å². The van der Waals surface area contributed by atoms with Gasteiger partial charge in [0.15, 0.2) is 0 Å². The second-order valence-corrected chi connectivity index (χ2v) is 5.48. The van der Waals surface area contributed by atoms with Gasteiger partial charge in [0.05, 0.1) is 0 Å². The van der Waals surface area contributed by atoms with E-state index in [-0.39, 0.29) is 0 Å². The van der Waals surface area contributed by atoms with Gasteiger partial charge in [0, 0.05) is 30.0 Å². The Bertz CT molecular complexity index is 458. The van der Waals surface area contributed by atoms with Crippen molar-refractivity contribution in [2.75, 3.05) is 13.1 Å². The highest BCUT2D eigenvalue weighted by molar-refractivity contribution is 9.11. The van der Waals surface area contributed by atoms with Gasteiger partial charge < -0.3 is 0 Å². The van der Waals surface area contributed by atoms with E-state index in [0.717, 1.165) is 30.4 Å². The zero-order chi connectivity index (χ0) is 12.3. The van der Waals surface area contributed by atoms with Crippen molar-refractivity contribution in [3.05, 3.63) is 46.5 Å². The molecule has 0 saturated heterocycles. The van der Waals surface area contributed by atoms with E-state index in [9.17, 15) is 0 Å². The molecular formula is C15H16BrN. The van der Waals surface area contributed by atoms with Crippen LogP contribution in [0.4, 0.5) is 0 Å². The van der Waals surface area contributed by atoms with Crippen LogP contribution in [0.2, 0.25) is 0 Å². The molecule has 17 heavy (non-hydrogen) atoms. The minimum absolute atomic E-state index is 0.333. The summed E-state index contributed by atoms with van der Waals surface area (Å²) in [6, 6.07) is 8.93. The van der Waals surface area contributed by atoms with E-state index in [0.29, 0.717) is 6.04 Å². The molecule has 0 fully saturated rings. The maximum Gasteiger partial charge on any atom is 0.0463 e. The standard InChI is InChI=1S/C15H16BrN/c1-3-6-15-14-8-5-4-7-13(14)9-10-17(15)11-12(2)16/h1,4-5,7-8,15H,2,6,9-11H2. The SMILES string of the molecule is C#CCC1c2ccccc2CCN1CC(=C)Br. The van der Waals surface area contributed by atoms with E-state index in [4.69, 9.17) is 6.42 Å².